The van der Waals surface area contributed by atoms with Crippen molar-refractivity contribution < 1.29 is 55.8 Å². The second-order valence-electron chi connectivity index (χ2n) is 5.13. The van der Waals surface area contributed by atoms with Gasteiger partial charge >= 0.3 is 0 Å². The first-order chi connectivity index (χ1) is 10.7. The molecule has 8 unspecified atom stereocenters. The van der Waals surface area contributed by atoms with Crippen molar-refractivity contribution in [2.24, 2.45) is 0 Å². The van der Waals surface area contributed by atoms with Crippen LogP contribution in [0, 0.1) is 0 Å². The Bertz CT molecular complexity index is 277. The van der Waals surface area contributed by atoms with E-state index in [1.807, 2.05) is 0 Å². The van der Waals surface area contributed by atoms with Crippen LogP contribution in [0.1, 0.15) is 0 Å². The minimum Gasteiger partial charge on any atom is -0.394 e. The topological polar surface area (TPSA) is 212 Å². The molecule has 11 nitrogen and oxygen atoms in total. The summed E-state index contributed by atoms with van der Waals surface area (Å²) >= 11 is 0. The lowest BCUT2D eigenvalue weighted by molar-refractivity contribution is -0.148. The van der Waals surface area contributed by atoms with Crippen LogP contribution >= 0.6 is 0 Å². The summed E-state index contributed by atoms with van der Waals surface area (Å²) < 4.78 is 4.80. The lowest BCUT2D eigenvalue weighted by Crippen LogP contribution is -2.49. The van der Waals surface area contributed by atoms with Crippen LogP contribution in [0.15, 0.2) is 0 Å². The highest BCUT2D eigenvalue weighted by Crippen LogP contribution is 2.08. The maximum Gasteiger partial charge on any atom is 0.111 e. The molecule has 0 saturated carbocycles. The molecule has 0 fully saturated rings. The standard InChI is InChI=1S/C12H26O11/c13-1-5(15)9(19)11(21)7(17)3-23-4-8(18)12(22)10(20)6(16)2-14/h5-22H,1-4H2. The van der Waals surface area contributed by atoms with E-state index < -0.39 is 75.3 Å². The van der Waals surface area contributed by atoms with Crippen molar-refractivity contribution in [2.45, 2.75) is 48.8 Å². The van der Waals surface area contributed by atoms with Gasteiger partial charge in [0.1, 0.15) is 48.8 Å². The van der Waals surface area contributed by atoms with E-state index in [1.54, 1.807) is 0 Å². The Morgan fingerprint density at radius 3 is 1.00 bits per heavy atom. The molecule has 0 saturated heterocycles. The molecule has 0 rings (SSSR count). The van der Waals surface area contributed by atoms with E-state index >= 15 is 0 Å². The lowest BCUT2D eigenvalue weighted by atomic mass is 10.0. The molecule has 0 aromatic rings. The van der Waals surface area contributed by atoms with E-state index in [1.165, 1.54) is 0 Å². The van der Waals surface area contributed by atoms with Gasteiger partial charge in [-0.1, -0.05) is 0 Å². The molecule has 140 valence electrons. The highest BCUT2D eigenvalue weighted by molar-refractivity contribution is 4.82. The molecule has 0 bridgehead atoms. The maximum atomic E-state index is 9.53. The van der Waals surface area contributed by atoms with Crippen LogP contribution in [0.25, 0.3) is 0 Å². The van der Waals surface area contributed by atoms with Gasteiger partial charge in [-0.3, -0.25) is 0 Å². The molecule has 0 aromatic heterocycles. The van der Waals surface area contributed by atoms with Gasteiger partial charge in [0.25, 0.3) is 0 Å². The van der Waals surface area contributed by atoms with Crippen LogP contribution < -0.4 is 0 Å². The number of hydrogen-bond donors (Lipinski definition) is 10. The predicted molar refractivity (Wildman–Crippen MR) is 73.0 cm³/mol. The third-order valence-electron chi connectivity index (χ3n) is 3.23. The highest BCUT2D eigenvalue weighted by Gasteiger charge is 2.32. The fraction of sp³-hybridized carbons (Fsp3) is 1.00. The Hall–Kier alpha value is -0.440. The van der Waals surface area contributed by atoms with Crippen molar-refractivity contribution in [3.8, 4) is 0 Å². The minimum atomic E-state index is -1.83. The number of hydrogen-bond acceptors (Lipinski definition) is 11. The zero-order chi connectivity index (χ0) is 18.2. The Labute approximate surface area is 132 Å². The van der Waals surface area contributed by atoms with Crippen molar-refractivity contribution in [1.29, 1.82) is 0 Å². The second kappa shape index (κ2) is 11.2. The van der Waals surface area contributed by atoms with Crippen LogP contribution in [-0.4, -0.2) is 126 Å². The van der Waals surface area contributed by atoms with E-state index in [0.29, 0.717) is 0 Å². The van der Waals surface area contributed by atoms with Gasteiger partial charge in [0, 0.05) is 0 Å². The predicted octanol–water partition coefficient (Wildman–Crippen LogP) is -6.13. The fourth-order valence-electron chi connectivity index (χ4n) is 1.63. The number of rotatable bonds is 12. The first kappa shape index (κ1) is 22.6. The highest BCUT2D eigenvalue weighted by atomic mass is 16.5. The molecular weight excluding hydrogens is 320 g/mol. The minimum absolute atomic E-state index is 0.598. The molecule has 11 heteroatoms. The van der Waals surface area contributed by atoms with Gasteiger partial charge in [-0.25, -0.2) is 0 Å². The zero-order valence-electron chi connectivity index (χ0n) is 12.3. The van der Waals surface area contributed by atoms with Crippen molar-refractivity contribution >= 4 is 0 Å². The van der Waals surface area contributed by atoms with Crippen LogP contribution in [0.4, 0.5) is 0 Å². The number of ether oxygens (including phenoxy) is 1. The average molecular weight is 346 g/mol. The molecule has 0 heterocycles. The summed E-state index contributed by atoms with van der Waals surface area (Å²) in [7, 11) is 0. The summed E-state index contributed by atoms with van der Waals surface area (Å²) in [5.41, 5.74) is 0. The molecule has 0 aliphatic heterocycles. The smallest absolute Gasteiger partial charge is 0.111 e. The average Bonchev–Trinajstić information content (AvgIpc) is 2.56. The SMILES string of the molecule is OCC(O)C(O)C(O)C(O)COCC(O)C(O)C(O)C(O)CO. The first-order valence-corrected chi connectivity index (χ1v) is 6.91. The summed E-state index contributed by atoms with van der Waals surface area (Å²) in [4.78, 5) is 0. The molecule has 0 radical (unpaired) electrons. The summed E-state index contributed by atoms with van der Waals surface area (Å²) in [6.07, 6.45) is -14.0. The molecule has 0 aliphatic carbocycles. The molecule has 0 amide bonds. The second-order valence-corrected chi connectivity index (χ2v) is 5.13. The Kier molecular flexibility index (Phi) is 11.0. The van der Waals surface area contributed by atoms with E-state index in [0.717, 1.165) is 0 Å². The van der Waals surface area contributed by atoms with Gasteiger partial charge in [-0.05, 0) is 0 Å². The summed E-state index contributed by atoms with van der Waals surface area (Å²) in [6.45, 7) is -2.86. The fourth-order valence-corrected chi connectivity index (χ4v) is 1.63. The Morgan fingerprint density at radius 2 is 0.739 bits per heavy atom. The molecule has 0 spiro atoms. The molecular formula is C12H26O11. The quantitative estimate of drug-likeness (QED) is 0.160. The van der Waals surface area contributed by atoms with E-state index in [-0.39, 0.29) is 0 Å². The Balaban J connectivity index is 4.22. The van der Waals surface area contributed by atoms with Crippen LogP contribution in [0.2, 0.25) is 0 Å². The van der Waals surface area contributed by atoms with Gasteiger partial charge in [0.2, 0.25) is 0 Å². The lowest BCUT2D eigenvalue weighted by Gasteiger charge is -2.27. The van der Waals surface area contributed by atoms with Gasteiger partial charge in [0.15, 0.2) is 0 Å². The van der Waals surface area contributed by atoms with E-state index in [9.17, 15) is 30.6 Å². The molecule has 0 aliphatic rings. The largest absolute Gasteiger partial charge is 0.394 e. The monoisotopic (exact) mass is 346 g/mol. The van der Waals surface area contributed by atoms with Gasteiger partial charge in [-0.15, -0.1) is 0 Å². The molecule has 10 N–H and O–H groups in total. The van der Waals surface area contributed by atoms with Crippen molar-refractivity contribution in [3.05, 3.63) is 0 Å². The van der Waals surface area contributed by atoms with Crippen LogP contribution in [-0.2, 0) is 4.74 Å². The van der Waals surface area contributed by atoms with Crippen LogP contribution in [0.3, 0.4) is 0 Å². The van der Waals surface area contributed by atoms with Crippen LogP contribution in [0.5, 0.6) is 0 Å². The number of aliphatic hydroxyl groups excluding tert-OH is 10. The van der Waals surface area contributed by atoms with E-state index in [2.05, 4.69) is 0 Å². The van der Waals surface area contributed by atoms with Crippen molar-refractivity contribution in [1.82, 2.24) is 0 Å². The van der Waals surface area contributed by atoms with Crippen molar-refractivity contribution in [2.75, 3.05) is 26.4 Å². The molecule has 8 atom stereocenters. The molecule has 0 aromatic carbocycles. The van der Waals surface area contributed by atoms with Gasteiger partial charge < -0.3 is 55.8 Å². The Morgan fingerprint density at radius 1 is 0.478 bits per heavy atom. The van der Waals surface area contributed by atoms with Gasteiger partial charge in [0.05, 0.1) is 26.4 Å². The number of aliphatic hydroxyl groups is 10. The molecule has 23 heavy (non-hydrogen) atoms. The summed E-state index contributed by atoms with van der Waals surface area (Å²) in [6, 6.07) is 0. The summed E-state index contributed by atoms with van der Waals surface area (Å²) in [5, 5.41) is 92.2. The zero-order valence-corrected chi connectivity index (χ0v) is 12.3. The third kappa shape index (κ3) is 7.32. The van der Waals surface area contributed by atoms with Crippen molar-refractivity contribution in [3.63, 3.8) is 0 Å². The normalized spacial score (nSPS) is 22.7. The first-order valence-electron chi connectivity index (χ1n) is 6.91. The maximum absolute atomic E-state index is 9.53. The third-order valence-corrected chi connectivity index (χ3v) is 3.23. The van der Waals surface area contributed by atoms with E-state index in [4.69, 9.17) is 25.2 Å². The van der Waals surface area contributed by atoms with Gasteiger partial charge in [-0.2, -0.15) is 0 Å². The summed E-state index contributed by atoms with van der Waals surface area (Å²) in [5.74, 6) is 0.